The van der Waals surface area contributed by atoms with Gasteiger partial charge >= 0.3 is 0 Å². The predicted molar refractivity (Wildman–Crippen MR) is 67.5 cm³/mol. The molecule has 0 aromatic heterocycles. The molecule has 0 amide bonds. The third-order valence-corrected chi connectivity index (χ3v) is 5.96. The first-order chi connectivity index (χ1) is 7.07. The molecule has 1 fully saturated rings. The first kappa shape index (κ1) is 13.2. The van der Waals surface area contributed by atoms with Crippen LogP contribution in [0.25, 0.3) is 0 Å². The predicted octanol–water partition coefficient (Wildman–Crippen LogP) is 2.31. The van der Waals surface area contributed by atoms with E-state index in [1.807, 2.05) is 0 Å². The quantitative estimate of drug-likeness (QED) is 0.787. The number of rotatable bonds is 5. The van der Waals surface area contributed by atoms with E-state index >= 15 is 0 Å². The first-order valence-corrected chi connectivity index (χ1v) is 7.48. The Kier molecular flexibility index (Phi) is 5.27. The lowest BCUT2D eigenvalue weighted by molar-refractivity contribution is 0.530. The summed E-state index contributed by atoms with van der Waals surface area (Å²) >= 11 is 0. The summed E-state index contributed by atoms with van der Waals surface area (Å²) in [6, 6.07) is 0.497. The van der Waals surface area contributed by atoms with E-state index in [1.165, 1.54) is 12.8 Å². The van der Waals surface area contributed by atoms with E-state index in [-0.39, 0.29) is 0 Å². The van der Waals surface area contributed by atoms with Gasteiger partial charge in [0.15, 0.2) is 0 Å². The highest BCUT2D eigenvalue weighted by Crippen LogP contribution is 2.27. The van der Waals surface area contributed by atoms with E-state index in [2.05, 4.69) is 33.0 Å². The molecule has 4 atom stereocenters. The lowest BCUT2D eigenvalue weighted by Crippen LogP contribution is -2.41. The summed E-state index contributed by atoms with van der Waals surface area (Å²) in [7, 11) is -0.664. The minimum atomic E-state index is -0.664. The molecule has 0 aromatic carbocycles. The highest BCUT2D eigenvalue weighted by Gasteiger charge is 2.34. The molecule has 0 aliphatic heterocycles. The molecule has 1 aliphatic rings. The minimum absolute atomic E-state index is 0.328. The van der Waals surface area contributed by atoms with Gasteiger partial charge in [-0.25, -0.2) is 0 Å². The fourth-order valence-corrected chi connectivity index (χ4v) is 4.29. The second-order valence-electron chi connectivity index (χ2n) is 4.91. The Morgan fingerprint density at radius 2 is 2.00 bits per heavy atom. The van der Waals surface area contributed by atoms with Crippen LogP contribution in [0.4, 0.5) is 0 Å². The van der Waals surface area contributed by atoms with Crippen molar-refractivity contribution in [2.24, 2.45) is 5.92 Å². The molecule has 15 heavy (non-hydrogen) atoms. The van der Waals surface area contributed by atoms with Crippen LogP contribution in [0.2, 0.25) is 0 Å². The maximum atomic E-state index is 12.3. The van der Waals surface area contributed by atoms with E-state index in [1.54, 1.807) is 0 Å². The summed E-state index contributed by atoms with van der Waals surface area (Å²) in [4.78, 5) is 0. The molecule has 0 radical (unpaired) electrons. The van der Waals surface area contributed by atoms with Gasteiger partial charge < -0.3 is 5.32 Å². The third-order valence-electron chi connectivity index (χ3n) is 3.52. The topological polar surface area (TPSA) is 29.1 Å². The van der Waals surface area contributed by atoms with Crippen molar-refractivity contribution in [3.63, 3.8) is 0 Å². The van der Waals surface area contributed by atoms with E-state index in [0.29, 0.717) is 22.5 Å². The molecule has 3 heteroatoms. The fraction of sp³-hybridized carbons (Fsp3) is 1.00. The Morgan fingerprint density at radius 1 is 1.33 bits per heavy atom. The molecular weight excluding hydrogens is 206 g/mol. The zero-order valence-corrected chi connectivity index (χ0v) is 11.3. The van der Waals surface area contributed by atoms with Gasteiger partial charge in [0, 0.05) is 22.1 Å². The van der Waals surface area contributed by atoms with Crippen molar-refractivity contribution in [2.45, 2.75) is 63.5 Å². The maximum absolute atomic E-state index is 12.3. The van der Waals surface area contributed by atoms with E-state index < -0.39 is 10.8 Å². The molecule has 0 saturated heterocycles. The van der Waals surface area contributed by atoms with Gasteiger partial charge in [0.25, 0.3) is 0 Å². The molecule has 1 aliphatic carbocycles. The van der Waals surface area contributed by atoms with Gasteiger partial charge in [-0.2, -0.15) is 0 Å². The minimum Gasteiger partial charge on any atom is -0.313 e. The van der Waals surface area contributed by atoms with Crippen LogP contribution in [-0.4, -0.2) is 27.3 Å². The van der Waals surface area contributed by atoms with Gasteiger partial charge in [-0.15, -0.1) is 0 Å². The summed E-state index contributed by atoms with van der Waals surface area (Å²) in [5.74, 6) is 0.522. The largest absolute Gasteiger partial charge is 0.313 e. The maximum Gasteiger partial charge on any atom is 0.0504 e. The summed E-state index contributed by atoms with van der Waals surface area (Å²) < 4.78 is 12.3. The Balaban J connectivity index is 2.58. The second-order valence-corrected chi connectivity index (χ2v) is 6.92. The molecule has 1 rings (SSSR count). The molecule has 0 bridgehead atoms. The number of hydrogen-bond donors (Lipinski definition) is 1. The zero-order chi connectivity index (χ0) is 11.4. The lowest BCUT2D eigenvalue weighted by Gasteiger charge is -2.25. The van der Waals surface area contributed by atoms with E-state index in [4.69, 9.17) is 0 Å². The molecule has 0 spiro atoms. The zero-order valence-electron chi connectivity index (χ0n) is 10.5. The molecule has 90 valence electrons. The average Bonchev–Trinajstić information content (AvgIpc) is 2.64. The number of hydrogen-bond acceptors (Lipinski definition) is 2. The Hall–Kier alpha value is 0.110. The molecule has 4 unspecified atom stereocenters. The summed E-state index contributed by atoms with van der Waals surface area (Å²) in [6.07, 6.45) is 3.58. The van der Waals surface area contributed by atoms with Crippen LogP contribution < -0.4 is 5.32 Å². The van der Waals surface area contributed by atoms with Crippen molar-refractivity contribution in [3.05, 3.63) is 0 Å². The third kappa shape index (κ3) is 3.28. The SMILES string of the molecule is CCNC1CCCC1S(=O)C(C)C(C)C. The van der Waals surface area contributed by atoms with Gasteiger partial charge in [0.05, 0.1) is 5.25 Å². The van der Waals surface area contributed by atoms with Crippen molar-refractivity contribution in [3.8, 4) is 0 Å². The second kappa shape index (κ2) is 6.00. The molecule has 1 saturated carbocycles. The highest BCUT2D eigenvalue weighted by molar-refractivity contribution is 7.86. The summed E-state index contributed by atoms with van der Waals surface area (Å²) in [5, 5.41) is 4.20. The Labute approximate surface area is 96.7 Å². The smallest absolute Gasteiger partial charge is 0.0504 e. The Morgan fingerprint density at radius 3 is 2.53 bits per heavy atom. The normalized spacial score (nSPS) is 30.7. The molecule has 2 nitrogen and oxygen atoms in total. The average molecular weight is 231 g/mol. The van der Waals surface area contributed by atoms with Crippen molar-refractivity contribution in [1.29, 1.82) is 0 Å². The standard InChI is InChI=1S/C12H25NOS/c1-5-13-11-7-6-8-12(11)15(14)10(4)9(2)3/h9-13H,5-8H2,1-4H3. The van der Waals surface area contributed by atoms with Gasteiger partial charge in [-0.1, -0.05) is 34.1 Å². The van der Waals surface area contributed by atoms with Crippen molar-refractivity contribution in [1.82, 2.24) is 5.32 Å². The van der Waals surface area contributed by atoms with Crippen molar-refractivity contribution in [2.75, 3.05) is 6.54 Å². The molecule has 0 aromatic rings. The first-order valence-electron chi connectivity index (χ1n) is 6.20. The fourth-order valence-electron chi connectivity index (χ4n) is 2.24. The van der Waals surface area contributed by atoms with Crippen LogP contribution in [0.1, 0.15) is 47.0 Å². The molecular formula is C12H25NOS. The molecule has 1 N–H and O–H groups in total. The van der Waals surface area contributed by atoms with Crippen LogP contribution in [-0.2, 0) is 10.8 Å². The Bertz CT molecular complexity index is 218. The van der Waals surface area contributed by atoms with Crippen molar-refractivity contribution >= 4 is 10.8 Å². The lowest BCUT2D eigenvalue weighted by atomic mass is 10.2. The number of nitrogens with one attached hydrogen (secondary N) is 1. The summed E-state index contributed by atoms with van der Waals surface area (Å²) in [5.41, 5.74) is 0. The highest BCUT2D eigenvalue weighted by atomic mass is 32.2. The van der Waals surface area contributed by atoms with E-state index in [9.17, 15) is 4.21 Å². The van der Waals surface area contributed by atoms with Gasteiger partial charge in [-0.05, 0) is 25.3 Å². The van der Waals surface area contributed by atoms with Gasteiger partial charge in [-0.3, -0.25) is 4.21 Å². The monoisotopic (exact) mass is 231 g/mol. The van der Waals surface area contributed by atoms with E-state index in [0.717, 1.165) is 13.0 Å². The van der Waals surface area contributed by atoms with Gasteiger partial charge in [0.1, 0.15) is 0 Å². The van der Waals surface area contributed by atoms with Crippen LogP contribution >= 0.6 is 0 Å². The van der Waals surface area contributed by atoms with Crippen LogP contribution in [0.5, 0.6) is 0 Å². The van der Waals surface area contributed by atoms with Crippen LogP contribution in [0, 0.1) is 5.92 Å². The molecule has 0 heterocycles. The van der Waals surface area contributed by atoms with Crippen LogP contribution in [0.15, 0.2) is 0 Å². The summed E-state index contributed by atoms with van der Waals surface area (Å²) in [6.45, 7) is 9.58. The van der Waals surface area contributed by atoms with Gasteiger partial charge in [0.2, 0.25) is 0 Å². The van der Waals surface area contributed by atoms with Crippen molar-refractivity contribution < 1.29 is 4.21 Å². The van der Waals surface area contributed by atoms with Crippen LogP contribution in [0.3, 0.4) is 0 Å².